The van der Waals surface area contributed by atoms with Crippen LogP contribution in [0.2, 0.25) is 0 Å². The van der Waals surface area contributed by atoms with E-state index in [0.29, 0.717) is 0 Å². The molecule has 0 radical (unpaired) electrons. The van der Waals surface area contributed by atoms with Gasteiger partial charge in [-0.1, -0.05) is 72.8 Å². The summed E-state index contributed by atoms with van der Waals surface area (Å²) in [6.45, 7) is 0. The third-order valence-corrected chi connectivity index (χ3v) is 5.59. The van der Waals surface area contributed by atoms with Crippen molar-refractivity contribution in [2.45, 2.75) is 37.4 Å². The molecule has 3 rings (SSSR count). The molecular formula is C27H30N4O4. The highest BCUT2D eigenvalue weighted by molar-refractivity contribution is 5.93. The Labute approximate surface area is 204 Å². The van der Waals surface area contributed by atoms with Gasteiger partial charge in [-0.3, -0.25) is 14.4 Å². The van der Waals surface area contributed by atoms with Gasteiger partial charge in [0.05, 0.1) is 6.04 Å². The third kappa shape index (κ3) is 7.97. The fourth-order valence-electron chi connectivity index (χ4n) is 3.66. The van der Waals surface area contributed by atoms with Crippen molar-refractivity contribution in [1.29, 1.82) is 0 Å². The first-order valence-electron chi connectivity index (χ1n) is 11.3. The number of rotatable bonds is 11. The average Bonchev–Trinajstić information content (AvgIpc) is 2.85. The number of benzene rings is 3. The molecule has 0 bridgehead atoms. The largest absolute Gasteiger partial charge is 0.508 e. The van der Waals surface area contributed by atoms with Crippen molar-refractivity contribution in [3.63, 3.8) is 0 Å². The second-order valence-electron chi connectivity index (χ2n) is 8.38. The smallest absolute Gasteiger partial charge is 0.243 e. The molecule has 182 valence electrons. The van der Waals surface area contributed by atoms with E-state index in [9.17, 15) is 19.5 Å². The van der Waals surface area contributed by atoms with E-state index < -0.39 is 35.8 Å². The number of nitrogens with one attached hydrogen (secondary N) is 2. The number of carbonyl (C=O) groups excluding carboxylic acids is 3. The summed E-state index contributed by atoms with van der Waals surface area (Å²) in [7, 11) is 0. The Balaban J connectivity index is 1.72. The summed E-state index contributed by atoms with van der Waals surface area (Å²) >= 11 is 0. The minimum atomic E-state index is -0.964. The highest BCUT2D eigenvalue weighted by Gasteiger charge is 2.27. The van der Waals surface area contributed by atoms with Crippen LogP contribution in [0, 0.1) is 0 Å². The van der Waals surface area contributed by atoms with E-state index in [1.54, 1.807) is 12.1 Å². The molecule has 7 N–H and O–H groups in total. The monoisotopic (exact) mass is 474 g/mol. The van der Waals surface area contributed by atoms with Crippen molar-refractivity contribution in [3.8, 4) is 5.75 Å². The Hall–Kier alpha value is -4.17. The standard InChI is InChI=1S/C27H30N4O4/c28-22(15-20-11-13-21(32)14-12-20)26(34)31-24(17-19-9-5-2-6-10-19)27(35)30-23(25(29)33)16-18-7-3-1-4-8-18/h1-14,22-24,32H,15-17,28H2,(H2,29,33)(H,30,35)(H,31,34). The Morgan fingerprint density at radius 1 is 0.657 bits per heavy atom. The predicted molar refractivity (Wildman–Crippen MR) is 133 cm³/mol. The summed E-state index contributed by atoms with van der Waals surface area (Å²) in [6.07, 6.45) is 0.666. The quantitative estimate of drug-likeness (QED) is 0.283. The van der Waals surface area contributed by atoms with Crippen molar-refractivity contribution in [1.82, 2.24) is 10.6 Å². The Bertz CT molecular complexity index is 1120. The molecule has 3 aromatic carbocycles. The van der Waals surface area contributed by atoms with Gasteiger partial charge in [-0.15, -0.1) is 0 Å². The molecule has 0 aliphatic heterocycles. The molecule has 0 aliphatic carbocycles. The van der Waals surface area contributed by atoms with Crippen LogP contribution < -0.4 is 22.1 Å². The van der Waals surface area contributed by atoms with E-state index in [0.717, 1.165) is 16.7 Å². The molecule has 3 aromatic rings. The lowest BCUT2D eigenvalue weighted by molar-refractivity contribution is -0.131. The van der Waals surface area contributed by atoms with E-state index in [2.05, 4.69) is 10.6 Å². The zero-order valence-electron chi connectivity index (χ0n) is 19.3. The lowest BCUT2D eigenvalue weighted by Gasteiger charge is -2.23. The number of amides is 3. The van der Waals surface area contributed by atoms with Crippen LogP contribution in [0.4, 0.5) is 0 Å². The summed E-state index contributed by atoms with van der Waals surface area (Å²) in [6, 6.07) is 22.0. The van der Waals surface area contributed by atoms with Gasteiger partial charge in [0.25, 0.3) is 0 Å². The van der Waals surface area contributed by atoms with Gasteiger partial charge < -0.3 is 27.2 Å². The van der Waals surface area contributed by atoms with Crippen molar-refractivity contribution in [2.24, 2.45) is 11.5 Å². The van der Waals surface area contributed by atoms with E-state index >= 15 is 0 Å². The lowest BCUT2D eigenvalue weighted by atomic mass is 10.0. The minimum Gasteiger partial charge on any atom is -0.508 e. The number of hydrogen-bond acceptors (Lipinski definition) is 5. The molecule has 0 aromatic heterocycles. The molecule has 8 nitrogen and oxygen atoms in total. The van der Waals surface area contributed by atoms with Gasteiger partial charge in [-0.25, -0.2) is 0 Å². The average molecular weight is 475 g/mol. The van der Waals surface area contributed by atoms with Crippen LogP contribution in [0.3, 0.4) is 0 Å². The second kappa shape index (κ2) is 12.3. The predicted octanol–water partition coefficient (Wildman–Crippen LogP) is 1.20. The molecule has 8 heteroatoms. The highest BCUT2D eigenvalue weighted by Crippen LogP contribution is 2.12. The number of nitrogens with two attached hydrogens (primary N) is 2. The van der Waals surface area contributed by atoms with Crippen LogP contribution >= 0.6 is 0 Å². The normalized spacial score (nSPS) is 13.3. The van der Waals surface area contributed by atoms with Crippen molar-refractivity contribution >= 4 is 17.7 Å². The summed E-state index contributed by atoms with van der Waals surface area (Å²) in [5, 5.41) is 14.9. The molecule has 3 atom stereocenters. The van der Waals surface area contributed by atoms with Gasteiger partial charge >= 0.3 is 0 Å². The van der Waals surface area contributed by atoms with Crippen LogP contribution in [-0.2, 0) is 33.6 Å². The molecule has 0 saturated heterocycles. The maximum Gasteiger partial charge on any atom is 0.243 e. The fraction of sp³-hybridized carbons (Fsp3) is 0.222. The minimum absolute atomic E-state index is 0.117. The van der Waals surface area contributed by atoms with Gasteiger partial charge in [0.2, 0.25) is 17.7 Å². The highest BCUT2D eigenvalue weighted by atomic mass is 16.3. The number of aromatic hydroxyl groups is 1. The van der Waals surface area contributed by atoms with Gasteiger partial charge in [-0.05, 0) is 35.2 Å². The first-order valence-corrected chi connectivity index (χ1v) is 11.3. The summed E-state index contributed by atoms with van der Waals surface area (Å²) < 4.78 is 0. The topological polar surface area (TPSA) is 148 Å². The summed E-state index contributed by atoms with van der Waals surface area (Å²) in [5.74, 6) is -1.59. The number of carbonyl (C=O) groups is 3. The van der Waals surface area contributed by atoms with Gasteiger partial charge in [0.1, 0.15) is 17.8 Å². The van der Waals surface area contributed by atoms with Crippen LogP contribution in [0.5, 0.6) is 5.75 Å². The summed E-state index contributed by atoms with van der Waals surface area (Å²) in [5.41, 5.74) is 14.1. The third-order valence-electron chi connectivity index (χ3n) is 5.59. The van der Waals surface area contributed by atoms with Crippen LogP contribution in [0.15, 0.2) is 84.9 Å². The van der Waals surface area contributed by atoms with E-state index in [-0.39, 0.29) is 25.0 Å². The Morgan fingerprint density at radius 2 is 1.11 bits per heavy atom. The van der Waals surface area contributed by atoms with Crippen LogP contribution in [0.1, 0.15) is 16.7 Å². The van der Waals surface area contributed by atoms with Crippen molar-refractivity contribution < 1.29 is 19.5 Å². The number of phenols is 1. The molecule has 3 amide bonds. The first-order chi connectivity index (χ1) is 16.8. The molecule has 3 unspecified atom stereocenters. The van der Waals surface area contributed by atoms with E-state index in [4.69, 9.17) is 11.5 Å². The van der Waals surface area contributed by atoms with Crippen molar-refractivity contribution in [2.75, 3.05) is 0 Å². The Morgan fingerprint density at radius 3 is 1.63 bits per heavy atom. The number of hydrogen-bond donors (Lipinski definition) is 5. The lowest BCUT2D eigenvalue weighted by Crippen LogP contribution is -2.56. The molecule has 0 heterocycles. The van der Waals surface area contributed by atoms with Gasteiger partial charge in [-0.2, -0.15) is 0 Å². The number of phenolic OH excluding ortho intramolecular Hbond substituents is 1. The molecule has 35 heavy (non-hydrogen) atoms. The second-order valence-corrected chi connectivity index (χ2v) is 8.38. The molecular weight excluding hydrogens is 444 g/mol. The number of primary amides is 1. The van der Waals surface area contributed by atoms with Crippen molar-refractivity contribution in [3.05, 3.63) is 102 Å². The molecule has 0 saturated carbocycles. The zero-order chi connectivity index (χ0) is 25.2. The molecule has 0 fully saturated rings. The first kappa shape index (κ1) is 25.5. The maximum absolute atomic E-state index is 13.2. The molecule has 0 spiro atoms. The van der Waals surface area contributed by atoms with Crippen LogP contribution in [0.25, 0.3) is 0 Å². The maximum atomic E-state index is 13.2. The van der Waals surface area contributed by atoms with E-state index in [1.165, 1.54) is 12.1 Å². The zero-order valence-corrected chi connectivity index (χ0v) is 19.3. The van der Waals surface area contributed by atoms with Crippen LogP contribution in [-0.4, -0.2) is 41.0 Å². The SMILES string of the molecule is NC(=O)C(Cc1ccccc1)NC(=O)C(Cc1ccccc1)NC(=O)C(N)Cc1ccc(O)cc1. The van der Waals surface area contributed by atoms with Gasteiger partial charge in [0.15, 0.2) is 0 Å². The molecule has 0 aliphatic rings. The van der Waals surface area contributed by atoms with E-state index in [1.807, 2.05) is 60.7 Å². The van der Waals surface area contributed by atoms with Gasteiger partial charge in [0, 0.05) is 12.8 Å². The Kier molecular flexibility index (Phi) is 8.97. The summed E-state index contributed by atoms with van der Waals surface area (Å²) in [4.78, 5) is 38.1. The fourth-order valence-corrected chi connectivity index (χ4v) is 3.66.